The van der Waals surface area contributed by atoms with Gasteiger partial charge in [-0.2, -0.15) is 5.26 Å². The van der Waals surface area contributed by atoms with Crippen LogP contribution in [0.25, 0.3) is 32.2 Å². The molecular weight excluding hydrogens is 483 g/mol. The fourth-order valence-electron chi connectivity index (χ4n) is 5.09. The smallest absolute Gasteiger partial charge is 0.246 e. The number of ether oxygens (including phenoxy) is 1. The van der Waals surface area contributed by atoms with Crippen molar-refractivity contribution >= 4 is 62.5 Å². The normalized spacial score (nSPS) is 13.7. The van der Waals surface area contributed by atoms with E-state index in [1.807, 2.05) is 32.0 Å². The summed E-state index contributed by atoms with van der Waals surface area (Å²) in [4.78, 5) is 25.2. The summed E-state index contributed by atoms with van der Waals surface area (Å²) in [5.41, 5.74) is 12.7. The molecule has 1 aliphatic heterocycles. The number of pyridine rings is 1. The zero-order chi connectivity index (χ0) is 26.4. The number of thiazole rings is 1. The van der Waals surface area contributed by atoms with Gasteiger partial charge in [-0.15, -0.1) is 0 Å². The number of rotatable bonds is 4. The molecule has 2 aromatic carbocycles. The average molecular weight is 508 g/mol. The third-order valence-electron chi connectivity index (χ3n) is 6.87. The highest BCUT2D eigenvalue weighted by Gasteiger charge is 2.27. The third kappa shape index (κ3) is 3.96. The van der Waals surface area contributed by atoms with Gasteiger partial charge in [0, 0.05) is 37.1 Å². The number of nitrogen functional groups attached to an aromatic ring is 1. The van der Waals surface area contributed by atoms with Gasteiger partial charge < -0.3 is 20.3 Å². The summed E-state index contributed by atoms with van der Waals surface area (Å²) >= 11 is 1.45. The fourth-order valence-corrected chi connectivity index (χ4v) is 5.92. The molecule has 0 spiro atoms. The van der Waals surface area contributed by atoms with Gasteiger partial charge in [0.05, 0.1) is 28.5 Å². The highest BCUT2D eigenvalue weighted by molar-refractivity contribution is 7.22. The number of benzene rings is 2. The van der Waals surface area contributed by atoms with Gasteiger partial charge in [0.2, 0.25) is 11.8 Å². The first kappa shape index (κ1) is 24.6. The molecule has 0 saturated carbocycles. The van der Waals surface area contributed by atoms with Crippen molar-refractivity contribution in [2.45, 2.75) is 13.8 Å². The molecule has 2 radical (unpaired) electrons. The minimum atomic E-state index is -0.103. The van der Waals surface area contributed by atoms with Gasteiger partial charge in [0.15, 0.2) is 5.13 Å². The van der Waals surface area contributed by atoms with Crippen LogP contribution in [0.1, 0.15) is 16.7 Å². The summed E-state index contributed by atoms with van der Waals surface area (Å²) < 4.78 is 6.57. The quantitative estimate of drug-likeness (QED) is 0.333. The number of amides is 1. The minimum absolute atomic E-state index is 0.103. The molecule has 4 aromatic rings. The fraction of sp³-hybridized carbons (Fsp3) is 0.259. The first-order valence-electron chi connectivity index (χ1n) is 11.8. The van der Waals surface area contributed by atoms with Crippen molar-refractivity contribution < 1.29 is 9.53 Å². The summed E-state index contributed by atoms with van der Waals surface area (Å²) in [6.07, 6.45) is 1.32. The Bertz CT molecular complexity index is 1630. The lowest BCUT2D eigenvalue weighted by atomic mass is 9.81. The zero-order valence-electron chi connectivity index (χ0n) is 21.0. The molecule has 1 fully saturated rings. The van der Waals surface area contributed by atoms with Crippen molar-refractivity contribution in [3.05, 3.63) is 47.5 Å². The van der Waals surface area contributed by atoms with Crippen LogP contribution in [-0.2, 0) is 4.79 Å². The van der Waals surface area contributed by atoms with Crippen molar-refractivity contribution in [2.24, 2.45) is 0 Å². The number of aromatic nitrogens is 2. The molecule has 2 aromatic heterocycles. The number of piperazine rings is 1. The second-order valence-electron chi connectivity index (χ2n) is 9.01. The molecule has 0 atom stereocenters. The number of methoxy groups -OCH3 is 1. The molecule has 1 aliphatic rings. The van der Waals surface area contributed by atoms with Gasteiger partial charge in [0.1, 0.15) is 19.5 Å². The van der Waals surface area contributed by atoms with Crippen molar-refractivity contribution in [3.63, 3.8) is 0 Å². The van der Waals surface area contributed by atoms with Crippen LogP contribution in [0.15, 0.2) is 30.9 Å². The van der Waals surface area contributed by atoms with Crippen LogP contribution in [-0.4, -0.2) is 61.9 Å². The van der Waals surface area contributed by atoms with Gasteiger partial charge in [-0.1, -0.05) is 35.5 Å². The Morgan fingerprint density at radius 2 is 1.95 bits per heavy atom. The van der Waals surface area contributed by atoms with E-state index in [-0.39, 0.29) is 11.8 Å². The Morgan fingerprint density at radius 1 is 1.22 bits per heavy atom. The Kier molecular flexibility index (Phi) is 6.25. The van der Waals surface area contributed by atoms with Gasteiger partial charge in [-0.25, -0.2) is 9.97 Å². The first-order chi connectivity index (χ1) is 17.8. The van der Waals surface area contributed by atoms with Crippen LogP contribution in [0.3, 0.4) is 0 Å². The van der Waals surface area contributed by atoms with E-state index < -0.39 is 0 Å². The van der Waals surface area contributed by atoms with Crippen molar-refractivity contribution in [1.29, 1.82) is 5.26 Å². The number of carbonyl (C=O) groups is 1. The van der Waals surface area contributed by atoms with Gasteiger partial charge in [0.25, 0.3) is 0 Å². The predicted molar refractivity (Wildman–Crippen MR) is 150 cm³/mol. The summed E-state index contributed by atoms with van der Waals surface area (Å²) in [5, 5.41) is 11.4. The number of hydrogen-bond acceptors (Lipinski definition) is 8. The van der Waals surface area contributed by atoms with Crippen LogP contribution in [0.5, 0.6) is 5.88 Å². The SMILES string of the molecule is [B]c1c(-c2ccc(C)c3sc(N)nc23)c(C)cc2c(N3CCN(C(=O)C=C)CC3)c(C#N)c(OC)nc12. The van der Waals surface area contributed by atoms with Crippen LogP contribution in [0, 0.1) is 25.2 Å². The standard InChI is InChI=1S/C27H25BN6O2S/c1-5-19(35)33-8-10-34(11-9-33)24-17-12-15(3)20(21(28)22(17)31-26(36-4)18(24)13-29)16-7-6-14(2)25-23(16)32-27(30)37-25/h5-7,12H,1,8-11H2,2-4H3,(H2,30,32). The number of carbonyl (C=O) groups excluding carboxylic acids is 1. The number of nitrogens with two attached hydrogens (primary N) is 1. The first-order valence-corrected chi connectivity index (χ1v) is 12.6. The van der Waals surface area contributed by atoms with E-state index in [9.17, 15) is 10.1 Å². The highest BCUT2D eigenvalue weighted by Crippen LogP contribution is 2.40. The van der Waals surface area contributed by atoms with Crippen LogP contribution < -0.4 is 20.8 Å². The molecule has 3 heterocycles. The Balaban J connectivity index is 1.74. The average Bonchev–Trinajstić information content (AvgIpc) is 3.31. The maximum Gasteiger partial charge on any atom is 0.246 e. The molecule has 0 bridgehead atoms. The van der Waals surface area contributed by atoms with Gasteiger partial charge in [-0.05, 0) is 42.7 Å². The second kappa shape index (κ2) is 9.41. The zero-order valence-corrected chi connectivity index (χ0v) is 21.8. The van der Waals surface area contributed by atoms with Crippen molar-refractivity contribution in [1.82, 2.24) is 14.9 Å². The number of nitrogens with zero attached hydrogens (tertiary/aromatic N) is 5. The minimum Gasteiger partial charge on any atom is -0.480 e. The molecule has 10 heteroatoms. The van der Waals surface area contributed by atoms with E-state index in [0.717, 1.165) is 37.9 Å². The lowest BCUT2D eigenvalue weighted by molar-refractivity contribution is -0.126. The summed E-state index contributed by atoms with van der Waals surface area (Å²) in [6.45, 7) is 9.74. The Labute approximate surface area is 220 Å². The van der Waals surface area contributed by atoms with Crippen LogP contribution in [0.2, 0.25) is 0 Å². The van der Waals surface area contributed by atoms with Crippen molar-refractivity contribution in [3.8, 4) is 23.1 Å². The van der Waals surface area contributed by atoms with Gasteiger partial charge in [-0.3, -0.25) is 4.79 Å². The molecule has 8 nitrogen and oxygen atoms in total. The lowest BCUT2D eigenvalue weighted by Crippen LogP contribution is -2.48. The van der Waals surface area contributed by atoms with Crippen LogP contribution >= 0.6 is 11.3 Å². The van der Waals surface area contributed by atoms with Crippen molar-refractivity contribution in [2.75, 3.05) is 43.9 Å². The molecular formula is C27H25BN6O2S. The van der Waals surface area contributed by atoms with E-state index in [1.165, 1.54) is 24.5 Å². The molecule has 2 N–H and O–H groups in total. The maximum absolute atomic E-state index is 12.1. The number of aryl methyl sites for hydroxylation is 2. The molecule has 1 saturated heterocycles. The Hall–Kier alpha value is -4.10. The monoisotopic (exact) mass is 508 g/mol. The molecule has 1 amide bonds. The van der Waals surface area contributed by atoms with E-state index in [2.05, 4.69) is 27.5 Å². The van der Waals surface area contributed by atoms with E-state index in [4.69, 9.17) is 18.3 Å². The third-order valence-corrected chi connectivity index (χ3v) is 7.89. The maximum atomic E-state index is 12.1. The second-order valence-corrected chi connectivity index (χ2v) is 10.0. The Morgan fingerprint density at radius 3 is 2.59 bits per heavy atom. The lowest BCUT2D eigenvalue weighted by Gasteiger charge is -2.37. The van der Waals surface area contributed by atoms with Gasteiger partial charge >= 0.3 is 0 Å². The summed E-state index contributed by atoms with van der Waals surface area (Å²) in [7, 11) is 8.33. The highest BCUT2D eigenvalue weighted by atomic mass is 32.1. The van der Waals surface area contributed by atoms with E-state index >= 15 is 0 Å². The number of anilines is 2. The summed E-state index contributed by atoms with van der Waals surface area (Å²) in [5.74, 6) is 0.109. The topological polar surface area (TPSA) is 108 Å². The largest absolute Gasteiger partial charge is 0.480 e. The number of hydrogen-bond donors (Lipinski definition) is 1. The molecule has 0 unspecified atom stereocenters. The number of nitriles is 1. The molecule has 0 aliphatic carbocycles. The number of fused-ring (bicyclic) bond motifs is 2. The molecule has 184 valence electrons. The van der Waals surface area contributed by atoms with E-state index in [0.29, 0.717) is 53.5 Å². The summed E-state index contributed by atoms with van der Waals surface area (Å²) in [6, 6.07) is 8.35. The molecule has 5 rings (SSSR count). The molecule has 37 heavy (non-hydrogen) atoms. The predicted octanol–water partition coefficient (Wildman–Crippen LogP) is 3.22. The van der Waals surface area contributed by atoms with Crippen LogP contribution in [0.4, 0.5) is 10.8 Å². The van der Waals surface area contributed by atoms with E-state index in [1.54, 1.807) is 4.90 Å².